The minimum atomic E-state index is -3.72. The summed E-state index contributed by atoms with van der Waals surface area (Å²) in [6, 6.07) is 0. The van der Waals surface area contributed by atoms with Crippen LogP contribution in [0.4, 0.5) is 0 Å². The van der Waals surface area contributed by atoms with Crippen LogP contribution in [-0.4, -0.2) is 13.1 Å². The van der Waals surface area contributed by atoms with E-state index in [1.54, 1.807) is 0 Å². The van der Waals surface area contributed by atoms with Crippen LogP contribution in [0, 0.1) is 0 Å². The van der Waals surface area contributed by atoms with Crippen LogP contribution in [0.1, 0.15) is 13.8 Å². The fourth-order valence-electron chi connectivity index (χ4n) is 0.250. The third kappa shape index (κ3) is 88.5. The molecule has 0 spiro atoms. The Bertz CT molecular complexity index is 105. The van der Waals surface area contributed by atoms with Gasteiger partial charge in [0.05, 0.1) is 0 Å². The molecule has 0 aliphatic carbocycles. The monoisotopic (exact) mass is 269 g/mol. The van der Waals surface area contributed by atoms with E-state index in [4.69, 9.17) is 0 Å². The van der Waals surface area contributed by atoms with E-state index in [0.29, 0.717) is 0 Å². The van der Waals surface area contributed by atoms with Crippen molar-refractivity contribution in [3.05, 3.63) is 0 Å². The number of rotatable bonds is 2. The Morgan fingerprint density at radius 1 is 1.15 bits per heavy atom. The van der Waals surface area contributed by atoms with Gasteiger partial charge >= 0.3 is 88.7 Å². The van der Waals surface area contributed by atoms with E-state index in [1.807, 2.05) is 0 Å². The van der Waals surface area contributed by atoms with Gasteiger partial charge in [0.25, 0.3) is 0 Å². The Hall–Kier alpha value is 3.88. The van der Waals surface area contributed by atoms with Crippen molar-refractivity contribution in [2.24, 2.45) is 0 Å². The first-order chi connectivity index (χ1) is 4.41. The first kappa shape index (κ1) is 30.2. The van der Waals surface area contributed by atoms with Crippen LogP contribution in [-0.2, 0) is 24.1 Å². The van der Waals surface area contributed by atoms with Gasteiger partial charge in [-0.3, -0.25) is 0 Å². The molecule has 0 aliphatic heterocycles. The molecule has 0 amide bonds. The maximum Gasteiger partial charge on any atom is 1.00 e. The summed E-state index contributed by atoms with van der Waals surface area (Å²) in [5.74, 6) is 0. The van der Waals surface area contributed by atoms with E-state index in [9.17, 15) is 9.79 Å². The van der Waals surface area contributed by atoms with E-state index >= 15 is 0 Å². The molecule has 0 atom stereocenters. The van der Waals surface area contributed by atoms with E-state index in [-0.39, 0.29) is 88.7 Å². The molecule has 0 aromatic heterocycles. The van der Waals surface area contributed by atoms with Gasteiger partial charge in [0.15, 0.2) is 0 Å². The molecule has 3 nitrogen and oxygen atoms in total. The van der Waals surface area contributed by atoms with Gasteiger partial charge in [0.2, 0.25) is 0 Å². The zero-order chi connectivity index (χ0) is 8.62. The summed E-state index contributed by atoms with van der Waals surface area (Å²) in [4.78, 5) is 18.6. The SMILES string of the molecule is CCNCC.[Na+].[Na+].[Na+].[O-]P([O-])(=S)[S-]. The maximum absolute atomic E-state index is 9.29. The van der Waals surface area contributed by atoms with Gasteiger partial charge in [-0.2, -0.15) is 11.8 Å². The summed E-state index contributed by atoms with van der Waals surface area (Å²) in [7, 11) is 0. The first-order valence-corrected chi connectivity index (χ1v) is 6.50. The van der Waals surface area contributed by atoms with Gasteiger partial charge in [-0.15, -0.1) is 0 Å². The first-order valence-electron chi connectivity index (χ1n) is 2.85. The quantitative estimate of drug-likeness (QED) is 0.306. The van der Waals surface area contributed by atoms with Crippen molar-refractivity contribution in [3.8, 4) is 0 Å². The fourth-order valence-corrected chi connectivity index (χ4v) is 0.250. The fraction of sp³-hybridized carbons (Fsp3) is 1.00. The van der Waals surface area contributed by atoms with Crippen LogP contribution >= 0.6 is 5.69 Å². The second kappa shape index (κ2) is 21.2. The Morgan fingerprint density at radius 2 is 1.31 bits per heavy atom. The van der Waals surface area contributed by atoms with Crippen LogP contribution in [0.15, 0.2) is 0 Å². The van der Waals surface area contributed by atoms with Crippen molar-refractivity contribution in [1.29, 1.82) is 0 Å². The Kier molecular flexibility index (Phi) is 49.2. The van der Waals surface area contributed by atoms with E-state index in [1.165, 1.54) is 0 Å². The Morgan fingerprint density at radius 3 is 1.31 bits per heavy atom. The second-order valence-corrected chi connectivity index (χ2v) is 5.88. The average molecular weight is 269 g/mol. The molecule has 0 aliphatic rings. The molecule has 13 heavy (non-hydrogen) atoms. The molecule has 0 saturated heterocycles. The van der Waals surface area contributed by atoms with Gasteiger partial charge in [-0.1, -0.05) is 13.8 Å². The Balaban J connectivity index is -0.0000000267. The molecular formula is C4H11NNa3O2PS2. The molecular weight excluding hydrogens is 258 g/mol. The summed E-state index contributed by atoms with van der Waals surface area (Å²) >= 11 is 7.28. The van der Waals surface area contributed by atoms with Crippen molar-refractivity contribution in [2.45, 2.75) is 13.8 Å². The summed E-state index contributed by atoms with van der Waals surface area (Å²) in [5.41, 5.74) is -3.72. The molecule has 64 valence electrons. The molecule has 0 fully saturated rings. The van der Waals surface area contributed by atoms with Crippen LogP contribution in [0.5, 0.6) is 0 Å². The number of hydrogen-bond acceptors (Lipinski definition) is 5. The standard InChI is InChI=1S/C4H11N.3Na.H3O2PS2/c1-3-5-4-2;;;;1-3(2,4)5/h5H,3-4H2,1-2H3;;;;(H3,1,2,4,5)/q;3*+1;/p-3. The summed E-state index contributed by atoms with van der Waals surface area (Å²) in [6.45, 7) is 6.39. The van der Waals surface area contributed by atoms with Crippen molar-refractivity contribution in [3.63, 3.8) is 0 Å². The third-order valence-electron chi connectivity index (χ3n) is 0.500. The van der Waals surface area contributed by atoms with Gasteiger partial charge in [0.1, 0.15) is 0 Å². The van der Waals surface area contributed by atoms with Crippen molar-refractivity contribution in [1.82, 2.24) is 5.32 Å². The van der Waals surface area contributed by atoms with Crippen molar-refractivity contribution >= 4 is 29.7 Å². The normalized spacial score (nSPS) is 7.77. The second-order valence-electron chi connectivity index (χ2n) is 1.40. The van der Waals surface area contributed by atoms with Gasteiger partial charge in [-0.05, 0) is 13.1 Å². The van der Waals surface area contributed by atoms with Gasteiger partial charge in [0, 0.05) is 0 Å². The predicted octanol–water partition coefficient (Wildman–Crippen LogP) is -9.89. The molecule has 0 heterocycles. The Labute approximate surface area is 157 Å². The molecule has 0 saturated carbocycles. The molecule has 0 aromatic carbocycles. The smallest absolute Gasteiger partial charge is 0.850 e. The zero-order valence-corrected chi connectivity index (χ0v) is 17.5. The molecule has 0 radical (unpaired) electrons. The zero-order valence-electron chi connectivity index (χ0n) is 8.99. The minimum absolute atomic E-state index is 0. The largest absolute Gasteiger partial charge is 1.00 e. The predicted molar refractivity (Wildman–Crippen MR) is 45.9 cm³/mol. The van der Waals surface area contributed by atoms with Crippen molar-refractivity contribution < 1.29 is 98.5 Å². The summed E-state index contributed by atoms with van der Waals surface area (Å²) < 4.78 is 0. The van der Waals surface area contributed by atoms with Gasteiger partial charge < -0.3 is 33.0 Å². The topological polar surface area (TPSA) is 58.1 Å². The minimum Gasteiger partial charge on any atom is -0.850 e. The van der Waals surface area contributed by atoms with Crippen LogP contribution in [0.25, 0.3) is 0 Å². The number of nitrogens with one attached hydrogen (secondary N) is 1. The number of hydrogen-bond donors (Lipinski definition) is 1. The molecule has 1 N–H and O–H groups in total. The molecule has 0 rings (SSSR count). The van der Waals surface area contributed by atoms with E-state index in [2.05, 4.69) is 43.2 Å². The van der Waals surface area contributed by atoms with Crippen LogP contribution in [0.2, 0.25) is 0 Å². The molecule has 0 aromatic rings. The van der Waals surface area contributed by atoms with Gasteiger partial charge in [-0.25, -0.2) is 0 Å². The van der Waals surface area contributed by atoms with E-state index in [0.717, 1.165) is 13.1 Å². The van der Waals surface area contributed by atoms with Crippen LogP contribution < -0.4 is 104 Å². The summed E-state index contributed by atoms with van der Waals surface area (Å²) in [5, 5.41) is 3.11. The maximum atomic E-state index is 9.29. The third-order valence-corrected chi connectivity index (χ3v) is 0.500. The van der Waals surface area contributed by atoms with Crippen LogP contribution in [0.3, 0.4) is 0 Å². The van der Waals surface area contributed by atoms with Crippen molar-refractivity contribution in [2.75, 3.05) is 13.1 Å². The van der Waals surface area contributed by atoms with E-state index < -0.39 is 5.69 Å². The average Bonchev–Trinajstić information content (AvgIpc) is 1.63. The summed E-state index contributed by atoms with van der Waals surface area (Å²) in [6.07, 6.45) is 0. The molecule has 9 heteroatoms. The molecule has 0 unspecified atom stereocenters. The molecule has 0 bridgehead atoms.